The minimum absolute atomic E-state index is 0.120. The second kappa shape index (κ2) is 9.13. The van der Waals surface area contributed by atoms with Crippen LogP contribution >= 0.6 is 23.2 Å². The molecule has 0 spiro atoms. The van der Waals surface area contributed by atoms with Crippen LogP contribution in [0, 0.1) is 10.1 Å². The number of carbonyl (C=O) groups is 1. The maximum atomic E-state index is 12.1. The number of carbonyl (C=O) groups excluding carboxylic acids is 1. The van der Waals surface area contributed by atoms with Crippen molar-refractivity contribution in [3.8, 4) is 11.6 Å². The molecule has 10 heteroatoms. The van der Waals surface area contributed by atoms with Crippen molar-refractivity contribution >= 4 is 41.0 Å². The number of halogens is 2. The third kappa shape index (κ3) is 5.50. The van der Waals surface area contributed by atoms with E-state index in [1.807, 2.05) is 0 Å². The summed E-state index contributed by atoms with van der Waals surface area (Å²) in [5, 5.41) is 15.2. The van der Waals surface area contributed by atoms with E-state index in [9.17, 15) is 14.9 Å². The molecule has 2 aromatic carbocycles. The van der Waals surface area contributed by atoms with Gasteiger partial charge in [-0.2, -0.15) is 5.10 Å². The predicted molar refractivity (Wildman–Crippen MR) is 109 cm³/mol. The average molecular weight is 431 g/mol. The van der Waals surface area contributed by atoms with Gasteiger partial charge in [0, 0.05) is 17.2 Å². The highest BCUT2D eigenvalue weighted by atomic mass is 35.5. The molecule has 0 saturated carbocycles. The zero-order chi connectivity index (χ0) is 20.8. The lowest BCUT2D eigenvalue weighted by Crippen LogP contribution is -2.18. The summed E-state index contributed by atoms with van der Waals surface area (Å²) in [4.78, 5) is 26.0. The second-order valence-electron chi connectivity index (χ2n) is 5.61. The molecule has 0 aliphatic heterocycles. The van der Waals surface area contributed by atoms with Crippen LogP contribution < -0.4 is 10.2 Å². The Kier molecular flexibility index (Phi) is 6.38. The number of hydrazone groups is 1. The lowest BCUT2D eigenvalue weighted by atomic mass is 10.2. The molecule has 0 aliphatic carbocycles. The molecule has 3 aromatic rings. The quantitative estimate of drug-likeness (QED) is 0.341. The van der Waals surface area contributed by atoms with E-state index in [1.165, 1.54) is 30.5 Å². The van der Waals surface area contributed by atoms with Gasteiger partial charge >= 0.3 is 0 Å². The topological polar surface area (TPSA) is 107 Å². The highest BCUT2D eigenvalue weighted by molar-refractivity contribution is 6.36. The molecule has 1 aromatic heterocycles. The van der Waals surface area contributed by atoms with Gasteiger partial charge in [-0.25, -0.2) is 10.4 Å². The molecule has 0 fully saturated rings. The monoisotopic (exact) mass is 430 g/mol. The van der Waals surface area contributed by atoms with Crippen LogP contribution in [0.15, 0.2) is 65.9 Å². The van der Waals surface area contributed by atoms with Gasteiger partial charge in [-0.05, 0) is 48.0 Å². The van der Waals surface area contributed by atoms with E-state index in [4.69, 9.17) is 27.9 Å². The molecule has 0 radical (unpaired) electrons. The molecule has 1 amide bonds. The number of pyridine rings is 1. The number of ether oxygens (including phenoxy) is 1. The van der Waals surface area contributed by atoms with E-state index in [-0.39, 0.29) is 22.2 Å². The normalized spacial score (nSPS) is 10.7. The Morgan fingerprint density at radius 3 is 2.52 bits per heavy atom. The number of amides is 1. The lowest BCUT2D eigenvalue weighted by Gasteiger charge is -2.05. The van der Waals surface area contributed by atoms with Gasteiger partial charge in [0.2, 0.25) is 5.88 Å². The summed E-state index contributed by atoms with van der Waals surface area (Å²) in [7, 11) is 0. The van der Waals surface area contributed by atoms with Crippen molar-refractivity contribution < 1.29 is 14.5 Å². The largest absolute Gasteiger partial charge is 0.439 e. The predicted octanol–water partition coefficient (Wildman–Crippen LogP) is 4.85. The Morgan fingerprint density at radius 2 is 1.90 bits per heavy atom. The molecule has 0 aliphatic rings. The van der Waals surface area contributed by atoms with Crippen LogP contribution in [0.5, 0.6) is 11.6 Å². The van der Waals surface area contributed by atoms with Crippen molar-refractivity contribution in [1.82, 2.24) is 10.4 Å². The van der Waals surface area contributed by atoms with E-state index in [0.717, 1.165) is 6.20 Å². The van der Waals surface area contributed by atoms with Crippen molar-refractivity contribution in [2.75, 3.05) is 0 Å². The summed E-state index contributed by atoms with van der Waals surface area (Å²) in [5.41, 5.74) is 3.23. The zero-order valence-electron chi connectivity index (χ0n) is 14.6. The molecular weight excluding hydrogens is 419 g/mol. The number of nitro groups is 1. The van der Waals surface area contributed by atoms with Gasteiger partial charge < -0.3 is 4.74 Å². The first-order valence-electron chi connectivity index (χ1n) is 8.09. The van der Waals surface area contributed by atoms with Crippen LogP contribution in [0.3, 0.4) is 0 Å². The zero-order valence-corrected chi connectivity index (χ0v) is 16.1. The number of benzene rings is 2. The summed E-state index contributed by atoms with van der Waals surface area (Å²) in [6.07, 6.45) is 2.57. The SMILES string of the molecule is O=C(N/N=C\c1ccc(Oc2ccc([N+](=O)[O-])cn2)cc1)c1ccc(Cl)cc1Cl. The summed E-state index contributed by atoms with van der Waals surface area (Å²) in [5.74, 6) is 0.247. The summed E-state index contributed by atoms with van der Waals surface area (Å²) in [6, 6.07) is 14.0. The van der Waals surface area contributed by atoms with Gasteiger partial charge in [0.25, 0.3) is 11.6 Å². The van der Waals surface area contributed by atoms with Gasteiger partial charge in [0.15, 0.2) is 0 Å². The number of rotatable bonds is 6. The average Bonchev–Trinajstić information content (AvgIpc) is 2.69. The van der Waals surface area contributed by atoms with E-state index in [1.54, 1.807) is 30.3 Å². The number of hydrogen-bond donors (Lipinski definition) is 1. The van der Waals surface area contributed by atoms with Crippen LogP contribution in [0.4, 0.5) is 5.69 Å². The van der Waals surface area contributed by atoms with Crippen LogP contribution in [-0.2, 0) is 0 Å². The highest BCUT2D eigenvalue weighted by Gasteiger charge is 2.09. The lowest BCUT2D eigenvalue weighted by molar-refractivity contribution is -0.385. The van der Waals surface area contributed by atoms with Gasteiger partial charge in [-0.3, -0.25) is 14.9 Å². The van der Waals surface area contributed by atoms with Crippen LogP contribution in [0.25, 0.3) is 0 Å². The van der Waals surface area contributed by atoms with Crippen LogP contribution in [0.2, 0.25) is 10.0 Å². The summed E-state index contributed by atoms with van der Waals surface area (Å²) in [6.45, 7) is 0. The fourth-order valence-electron chi connectivity index (χ4n) is 2.18. The highest BCUT2D eigenvalue weighted by Crippen LogP contribution is 2.22. The third-order valence-corrected chi connectivity index (χ3v) is 4.14. The fourth-order valence-corrected chi connectivity index (χ4v) is 2.68. The molecule has 146 valence electrons. The molecule has 0 saturated heterocycles. The van der Waals surface area contributed by atoms with Gasteiger partial charge in [-0.15, -0.1) is 0 Å². The molecule has 0 atom stereocenters. The molecule has 29 heavy (non-hydrogen) atoms. The third-order valence-electron chi connectivity index (χ3n) is 3.59. The van der Waals surface area contributed by atoms with Crippen LogP contribution in [-0.4, -0.2) is 22.0 Å². The minimum Gasteiger partial charge on any atom is -0.439 e. The minimum atomic E-state index is -0.537. The fraction of sp³-hybridized carbons (Fsp3) is 0. The Bertz CT molecular complexity index is 1070. The van der Waals surface area contributed by atoms with Crippen molar-refractivity contribution in [3.63, 3.8) is 0 Å². The Labute approximate surface area is 174 Å². The van der Waals surface area contributed by atoms with Gasteiger partial charge in [0.05, 0.1) is 21.7 Å². The first kappa shape index (κ1) is 20.2. The Morgan fingerprint density at radius 1 is 1.14 bits per heavy atom. The van der Waals surface area contributed by atoms with Gasteiger partial charge in [0.1, 0.15) is 11.9 Å². The second-order valence-corrected chi connectivity index (χ2v) is 6.45. The molecule has 1 N–H and O–H groups in total. The number of nitrogens with zero attached hydrogens (tertiary/aromatic N) is 3. The van der Waals surface area contributed by atoms with Crippen molar-refractivity contribution in [1.29, 1.82) is 0 Å². The summed E-state index contributed by atoms with van der Waals surface area (Å²) >= 11 is 11.8. The molecule has 1 heterocycles. The Hall–Kier alpha value is -3.49. The summed E-state index contributed by atoms with van der Waals surface area (Å²) < 4.78 is 5.52. The molecular formula is C19H12Cl2N4O4. The molecule has 3 rings (SSSR count). The first-order valence-corrected chi connectivity index (χ1v) is 8.85. The van der Waals surface area contributed by atoms with Gasteiger partial charge in [-0.1, -0.05) is 23.2 Å². The Balaban J connectivity index is 1.58. The van der Waals surface area contributed by atoms with Crippen molar-refractivity contribution in [2.45, 2.75) is 0 Å². The standard InChI is InChI=1S/C19H12Cl2N4O4/c20-13-3-7-16(17(21)9-13)19(26)24-23-10-12-1-5-15(6-2-12)29-18-8-4-14(11-22-18)25(27)28/h1-11H,(H,24,26)/b23-10-. The molecule has 8 nitrogen and oxygen atoms in total. The van der Waals surface area contributed by atoms with Crippen molar-refractivity contribution in [3.05, 3.63) is 92.1 Å². The molecule has 0 bridgehead atoms. The van der Waals surface area contributed by atoms with E-state index < -0.39 is 10.8 Å². The first-order chi connectivity index (χ1) is 13.9. The molecule has 0 unspecified atom stereocenters. The number of aromatic nitrogens is 1. The van der Waals surface area contributed by atoms with E-state index in [2.05, 4.69) is 15.5 Å². The maximum absolute atomic E-state index is 12.1. The van der Waals surface area contributed by atoms with Crippen molar-refractivity contribution in [2.24, 2.45) is 5.10 Å². The number of hydrogen-bond acceptors (Lipinski definition) is 6. The van der Waals surface area contributed by atoms with E-state index >= 15 is 0 Å². The smallest absolute Gasteiger partial charge is 0.287 e. The van der Waals surface area contributed by atoms with E-state index in [0.29, 0.717) is 16.3 Å². The maximum Gasteiger partial charge on any atom is 0.287 e. The van der Waals surface area contributed by atoms with Crippen LogP contribution in [0.1, 0.15) is 15.9 Å². The number of nitrogens with one attached hydrogen (secondary N) is 1.